The molecule has 10 nitrogen and oxygen atoms in total. The van der Waals surface area contributed by atoms with Gasteiger partial charge in [-0.25, -0.2) is 24.9 Å². The number of rotatable bonds is 10. The molecule has 4 aromatic carbocycles. The lowest BCUT2D eigenvalue weighted by atomic mass is 9.67. The van der Waals surface area contributed by atoms with E-state index in [1.807, 2.05) is 73.7 Å². The summed E-state index contributed by atoms with van der Waals surface area (Å²) in [6.45, 7) is 6.04. The Labute approximate surface area is 359 Å². The minimum absolute atomic E-state index is 0.322. The van der Waals surface area contributed by atoms with Gasteiger partial charge in [-0.3, -0.25) is 19.9 Å². The van der Waals surface area contributed by atoms with Gasteiger partial charge in [-0.1, -0.05) is 121 Å². The number of aliphatic imine (C=N–C) groups is 3. The predicted octanol–water partition coefficient (Wildman–Crippen LogP) is 9.72. The molecule has 0 unspecified atom stereocenters. The first-order valence-corrected chi connectivity index (χ1v) is 20.2. The largest absolute Gasteiger partial charge is 0.396 e. The van der Waals surface area contributed by atoms with E-state index in [0.29, 0.717) is 58.5 Å². The van der Waals surface area contributed by atoms with Gasteiger partial charge in [-0.05, 0) is 101 Å². The molecule has 8 aromatic rings. The maximum Gasteiger partial charge on any atom is 0.182 e. The minimum Gasteiger partial charge on any atom is -0.396 e. The summed E-state index contributed by atoms with van der Waals surface area (Å²) in [5.41, 5.74) is 16.6. The number of hydrogen-bond donors (Lipinski definition) is 1. The van der Waals surface area contributed by atoms with E-state index in [1.54, 1.807) is 24.7 Å². The molecule has 0 amide bonds. The number of aromatic nitrogens is 6. The van der Waals surface area contributed by atoms with Crippen LogP contribution in [0.3, 0.4) is 0 Å². The van der Waals surface area contributed by atoms with E-state index in [4.69, 9.17) is 30.7 Å². The van der Waals surface area contributed by atoms with Crippen LogP contribution in [0.25, 0.3) is 39.7 Å². The summed E-state index contributed by atoms with van der Waals surface area (Å²) in [5, 5.41) is 0. The monoisotopic (exact) mass is 804 g/mol. The molecule has 4 aromatic heterocycles. The number of benzene rings is 4. The van der Waals surface area contributed by atoms with Crippen LogP contribution in [0.5, 0.6) is 0 Å². The Morgan fingerprint density at radius 3 is 1.84 bits per heavy atom. The van der Waals surface area contributed by atoms with Crippen molar-refractivity contribution in [1.29, 1.82) is 0 Å². The van der Waals surface area contributed by atoms with E-state index < -0.39 is 5.41 Å². The predicted molar refractivity (Wildman–Crippen MR) is 248 cm³/mol. The fourth-order valence-electron chi connectivity index (χ4n) is 7.90. The molecule has 0 aliphatic heterocycles. The van der Waals surface area contributed by atoms with Crippen LogP contribution in [0.2, 0.25) is 0 Å². The van der Waals surface area contributed by atoms with Gasteiger partial charge in [-0.15, -0.1) is 0 Å². The molecule has 0 saturated carbocycles. The number of nitrogens with zero attached hydrogens (tertiary/aromatic N) is 9. The summed E-state index contributed by atoms with van der Waals surface area (Å²) in [7, 11) is 0. The van der Waals surface area contributed by atoms with Gasteiger partial charge in [0.2, 0.25) is 0 Å². The standard InChI is InChI=1S/C52H40N10/c1-3-4-21-43(53)48-59-47(60-51(61-48)46-24-13-16-31-57-46)36-26-28-40-39-27-25-35(34-58-50(45-23-12-15-30-56-45)62-49(54-2)44-22-11-14-29-55-44)32-41(39)52(42(40)33-36,37-17-7-5-8-18-37)38-19-9-6-10-20-38/h3-33H,2,34,53H2,1H3/b4-3-,43-21-,58-50?,62-49?. The summed E-state index contributed by atoms with van der Waals surface area (Å²) in [6, 6.07) is 51.3. The molecule has 2 N–H and O–H groups in total. The van der Waals surface area contributed by atoms with E-state index in [1.165, 1.54) is 0 Å². The van der Waals surface area contributed by atoms with Crippen LogP contribution < -0.4 is 5.73 Å². The molecule has 9 rings (SSSR count). The second-order valence-electron chi connectivity index (χ2n) is 14.5. The van der Waals surface area contributed by atoms with Crippen molar-refractivity contribution in [3.8, 4) is 34.0 Å². The highest BCUT2D eigenvalue weighted by atomic mass is 15.1. The Hall–Kier alpha value is -8.37. The maximum atomic E-state index is 6.57. The minimum atomic E-state index is -0.728. The molecule has 0 saturated heterocycles. The zero-order valence-corrected chi connectivity index (χ0v) is 33.9. The van der Waals surface area contributed by atoms with Gasteiger partial charge in [0.15, 0.2) is 29.1 Å². The van der Waals surface area contributed by atoms with Crippen molar-refractivity contribution in [1.82, 2.24) is 29.9 Å². The van der Waals surface area contributed by atoms with Gasteiger partial charge in [-0.2, -0.15) is 0 Å². The highest BCUT2D eigenvalue weighted by molar-refractivity contribution is 6.11. The molecular weight excluding hydrogens is 765 g/mol. The molecule has 0 radical (unpaired) electrons. The number of amidine groups is 2. The Morgan fingerprint density at radius 2 is 1.23 bits per heavy atom. The van der Waals surface area contributed by atoms with Crippen molar-refractivity contribution in [2.75, 3.05) is 0 Å². The quantitative estimate of drug-likeness (QED) is 0.0825. The number of pyridine rings is 3. The fraction of sp³-hybridized carbons (Fsp3) is 0.0577. The average molecular weight is 805 g/mol. The number of fused-ring (bicyclic) bond motifs is 3. The van der Waals surface area contributed by atoms with Gasteiger partial charge >= 0.3 is 0 Å². The van der Waals surface area contributed by atoms with Crippen molar-refractivity contribution in [2.45, 2.75) is 18.9 Å². The number of allylic oxidation sites excluding steroid dienone is 3. The molecule has 0 atom stereocenters. The van der Waals surface area contributed by atoms with Crippen LogP contribution in [0, 0.1) is 0 Å². The second-order valence-corrected chi connectivity index (χ2v) is 14.5. The highest BCUT2D eigenvalue weighted by Gasteiger charge is 2.46. The average Bonchev–Trinajstić information content (AvgIpc) is 3.64. The van der Waals surface area contributed by atoms with Crippen LogP contribution in [-0.4, -0.2) is 48.3 Å². The molecule has 1 aliphatic carbocycles. The molecule has 62 heavy (non-hydrogen) atoms. The first-order chi connectivity index (χ1) is 30.6. The third-order valence-electron chi connectivity index (χ3n) is 10.7. The Morgan fingerprint density at radius 1 is 0.629 bits per heavy atom. The summed E-state index contributed by atoms with van der Waals surface area (Å²) in [6.07, 6.45) is 10.7. The lowest BCUT2D eigenvalue weighted by molar-refractivity contribution is 0.766. The van der Waals surface area contributed by atoms with E-state index in [-0.39, 0.29) is 0 Å². The zero-order chi connectivity index (χ0) is 42.3. The molecule has 10 heteroatoms. The molecule has 1 aliphatic rings. The van der Waals surface area contributed by atoms with E-state index in [9.17, 15) is 0 Å². The second kappa shape index (κ2) is 17.5. The summed E-state index contributed by atoms with van der Waals surface area (Å²) < 4.78 is 0. The van der Waals surface area contributed by atoms with Gasteiger partial charge in [0.1, 0.15) is 17.1 Å². The van der Waals surface area contributed by atoms with Gasteiger partial charge in [0.25, 0.3) is 0 Å². The topological polar surface area (TPSA) is 140 Å². The van der Waals surface area contributed by atoms with Gasteiger partial charge in [0, 0.05) is 24.2 Å². The van der Waals surface area contributed by atoms with E-state index >= 15 is 0 Å². The molecule has 0 fully saturated rings. The van der Waals surface area contributed by atoms with E-state index in [0.717, 1.165) is 44.5 Å². The normalized spacial score (nSPS) is 13.5. The molecule has 4 heterocycles. The van der Waals surface area contributed by atoms with Crippen molar-refractivity contribution in [3.05, 3.63) is 234 Å². The first kappa shape index (κ1) is 39.1. The lowest BCUT2D eigenvalue weighted by Crippen LogP contribution is -2.28. The lowest BCUT2D eigenvalue weighted by Gasteiger charge is -2.34. The van der Waals surface area contributed by atoms with Gasteiger partial charge in [0.05, 0.1) is 17.7 Å². The number of hydrogen-bond acceptors (Lipinski definition) is 8. The van der Waals surface area contributed by atoms with Gasteiger partial charge < -0.3 is 5.73 Å². The fourth-order valence-corrected chi connectivity index (χ4v) is 7.90. The Kier molecular flexibility index (Phi) is 11.0. The third-order valence-corrected chi connectivity index (χ3v) is 10.7. The van der Waals surface area contributed by atoms with Crippen molar-refractivity contribution in [3.63, 3.8) is 0 Å². The van der Waals surface area contributed by atoms with Crippen LogP contribution in [0.4, 0.5) is 0 Å². The smallest absolute Gasteiger partial charge is 0.182 e. The Bertz CT molecular complexity index is 2960. The summed E-state index contributed by atoms with van der Waals surface area (Å²) in [4.78, 5) is 42.5. The molecule has 298 valence electrons. The van der Waals surface area contributed by atoms with Crippen LogP contribution >= 0.6 is 0 Å². The van der Waals surface area contributed by atoms with Crippen LogP contribution in [0.15, 0.2) is 203 Å². The van der Waals surface area contributed by atoms with Crippen molar-refractivity contribution >= 4 is 24.1 Å². The van der Waals surface area contributed by atoms with Crippen molar-refractivity contribution < 1.29 is 0 Å². The third kappa shape index (κ3) is 7.52. The van der Waals surface area contributed by atoms with E-state index in [2.05, 4.69) is 124 Å². The van der Waals surface area contributed by atoms with Crippen molar-refractivity contribution in [2.24, 2.45) is 20.7 Å². The van der Waals surface area contributed by atoms with Crippen LogP contribution in [-0.2, 0) is 12.0 Å². The summed E-state index contributed by atoms with van der Waals surface area (Å²) in [5.74, 6) is 2.06. The molecule has 0 spiro atoms. The van der Waals surface area contributed by atoms with Crippen LogP contribution in [0.1, 0.15) is 52.0 Å². The summed E-state index contributed by atoms with van der Waals surface area (Å²) >= 11 is 0. The molecular formula is C52H40N10. The SMILES string of the molecule is C=NC(=NC(=NCc1ccc2c(c1)C(c1ccccc1)(c1ccccc1)c1cc(-c3nc(/C(N)=C/C=C\C)nc(-c4ccccn4)n3)ccc1-2)c1ccccn1)c1ccccn1. The first-order valence-electron chi connectivity index (χ1n) is 20.2. The Balaban J connectivity index is 1.23. The molecule has 0 bridgehead atoms. The highest BCUT2D eigenvalue weighted by Crippen LogP contribution is 2.57. The number of nitrogens with two attached hydrogens (primary N) is 1. The maximum absolute atomic E-state index is 6.57. The zero-order valence-electron chi connectivity index (χ0n) is 33.9.